The van der Waals surface area contributed by atoms with Gasteiger partial charge in [0.25, 0.3) is 0 Å². The molecule has 3 rings (SSSR count). The van der Waals surface area contributed by atoms with Crippen molar-refractivity contribution in [1.29, 1.82) is 0 Å². The number of furan rings is 1. The van der Waals surface area contributed by atoms with E-state index in [1.165, 1.54) is 5.56 Å². The summed E-state index contributed by atoms with van der Waals surface area (Å²) in [5.41, 5.74) is 9.11. The van der Waals surface area contributed by atoms with Crippen LogP contribution in [0.15, 0.2) is 41.0 Å². The molecule has 1 aromatic carbocycles. The second-order valence-corrected chi connectivity index (χ2v) is 5.76. The van der Waals surface area contributed by atoms with Crippen LogP contribution in [-0.2, 0) is 12.5 Å². The highest BCUT2D eigenvalue weighted by atomic mass is 16.3. The number of imidazole rings is 1. The van der Waals surface area contributed by atoms with Crippen LogP contribution in [0, 0.1) is 0 Å². The van der Waals surface area contributed by atoms with Gasteiger partial charge < -0.3 is 14.7 Å². The number of fused-ring (bicyclic) bond motifs is 1. The van der Waals surface area contributed by atoms with Crippen molar-refractivity contribution in [2.75, 3.05) is 6.54 Å². The van der Waals surface area contributed by atoms with Gasteiger partial charge in [-0.1, -0.05) is 19.9 Å². The lowest BCUT2D eigenvalue weighted by Crippen LogP contribution is -2.27. The molecule has 0 fully saturated rings. The van der Waals surface area contributed by atoms with Crippen LogP contribution in [0.25, 0.3) is 22.6 Å². The van der Waals surface area contributed by atoms with Crippen LogP contribution in [0.3, 0.4) is 0 Å². The number of aryl methyl sites for hydroxylation is 1. The van der Waals surface area contributed by atoms with E-state index in [0.717, 1.165) is 22.6 Å². The fraction of sp³-hybridized carbons (Fsp3) is 0.312. The molecule has 0 aliphatic carbocycles. The molecule has 0 saturated carbocycles. The first kappa shape index (κ1) is 12.9. The van der Waals surface area contributed by atoms with E-state index in [2.05, 4.69) is 41.6 Å². The second kappa shape index (κ2) is 4.49. The lowest BCUT2D eigenvalue weighted by Gasteiger charge is -2.23. The first-order chi connectivity index (χ1) is 9.53. The summed E-state index contributed by atoms with van der Waals surface area (Å²) in [5, 5.41) is 0. The molecule has 0 radical (unpaired) electrons. The molecular formula is C16H19N3O. The maximum Gasteiger partial charge on any atom is 0.176 e. The molecule has 0 bridgehead atoms. The van der Waals surface area contributed by atoms with Gasteiger partial charge in [0.2, 0.25) is 0 Å². The Balaban J connectivity index is 2.18. The van der Waals surface area contributed by atoms with Crippen molar-refractivity contribution in [3.63, 3.8) is 0 Å². The lowest BCUT2D eigenvalue weighted by atomic mass is 9.85. The molecular weight excluding hydrogens is 250 g/mol. The monoisotopic (exact) mass is 269 g/mol. The highest BCUT2D eigenvalue weighted by Crippen LogP contribution is 2.28. The molecule has 4 heteroatoms. The largest absolute Gasteiger partial charge is 0.461 e. The zero-order chi connectivity index (χ0) is 14.3. The van der Waals surface area contributed by atoms with Crippen LogP contribution in [0.5, 0.6) is 0 Å². The van der Waals surface area contributed by atoms with E-state index < -0.39 is 0 Å². The number of nitrogens with two attached hydrogens (primary N) is 1. The Morgan fingerprint density at radius 1 is 1.30 bits per heavy atom. The maximum atomic E-state index is 5.87. The topological polar surface area (TPSA) is 57.0 Å². The molecule has 0 spiro atoms. The first-order valence-electron chi connectivity index (χ1n) is 6.74. The van der Waals surface area contributed by atoms with Crippen molar-refractivity contribution < 1.29 is 4.42 Å². The number of hydrogen-bond donors (Lipinski definition) is 1. The normalized spacial score (nSPS) is 12.2. The van der Waals surface area contributed by atoms with Crippen LogP contribution >= 0.6 is 0 Å². The molecule has 0 atom stereocenters. The molecule has 3 aromatic rings. The Morgan fingerprint density at radius 3 is 2.75 bits per heavy atom. The predicted molar refractivity (Wildman–Crippen MR) is 80.5 cm³/mol. The summed E-state index contributed by atoms with van der Waals surface area (Å²) < 4.78 is 7.51. The van der Waals surface area contributed by atoms with E-state index in [9.17, 15) is 0 Å². The van der Waals surface area contributed by atoms with Gasteiger partial charge in [0.1, 0.15) is 0 Å². The van der Waals surface area contributed by atoms with Gasteiger partial charge in [0.15, 0.2) is 11.6 Å². The Bertz CT molecular complexity index is 739. The van der Waals surface area contributed by atoms with Crippen LogP contribution in [-0.4, -0.2) is 16.1 Å². The summed E-state index contributed by atoms with van der Waals surface area (Å²) in [4.78, 5) is 4.64. The Labute approximate surface area is 118 Å². The molecule has 0 aliphatic rings. The molecule has 2 N–H and O–H groups in total. The van der Waals surface area contributed by atoms with Gasteiger partial charge in [-0.25, -0.2) is 4.98 Å². The molecule has 4 nitrogen and oxygen atoms in total. The van der Waals surface area contributed by atoms with Gasteiger partial charge in [-0.05, 0) is 29.8 Å². The van der Waals surface area contributed by atoms with E-state index >= 15 is 0 Å². The minimum absolute atomic E-state index is 0.0384. The molecule has 0 aliphatic heterocycles. The molecule has 104 valence electrons. The summed E-state index contributed by atoms with van der Waals surface area (Å²) in [6.45, 7) is 4.91. The van der Waals surface area contributed by atoms with Crippen LogP contribution < -0.4 is 5.73 Å². The van der Waals surface area contributed by atoms with Gasteiger partial charge in [-0.15, -0.1) is 0 Å². The van der Waals surface area contributed by atoms with Crippen molar-refractivity contribution in [2.24, 2.45) is 12.8 Å². The van der Waals surface area contributed by atoms with Crippen molar-refractivity contribution in [1.82, 2.24) is 9.55 Å². The number of benzene rings is 1. The average Bonchev–Trinajstić information content (AvgIpc) is 3.07. The van der Waals surface area contributed by atoms with Gasteiger partial charge in [0.05, 0.1) is 17.3 Å². The Morgan fingerprint density at radius 2 is 2.10 bits per heavy atom. The van der Waals surface area contributed by atoms with Crippen molar-refractivity contribution in [3.05, 3.63) is 42.2 Å². The van der Waals surface area contributed by atoms with E-state index in [4.69, 9.17) is 10.2 Å². The smallest absolute Gasteiger partial charge is 0.176 e. The van der Waals surface area contributed by atoms with Crippen molar-refractivity contribution in [3.8, 4) is 11.6 Å². The third kappa shape index (κ3) is 1.93. The minimum Gasteiger partial charge on any atom is -0.461 e. The minimum atomic E-state index is -0.0384. The highest BCUT2D eigenvalue weighted by Gasteiger charge is 2.20. The Hall–Kier alpha value is -2.07. The van der Waals surface area contributed by atoms with Crippen LogP contribution in [0.1, 0.15) is 19.4 Å². The lowest BCUT2D eigenvalue weighted by molar-refractivity contribution is 0.539. The standard InChI is InChI=1S/C16H19N3O/c1-16(2,10-17)11-6-7-12-13(9-11)19(3)15(18-12)14-5-4-8-20-14/h4-9H,10,17H2,1-3H3. The van der Waals surface area contributed by atoms with Gasteiger partial charge >= 0.3 is 0 Å². The molecule has 0 saturated heterocycles. The molecule has 2 aromatic heterocycles. The van der Waals surface area contributed by atoms with E-state index in [0.29, 0.717) is 6.54 Å². The maximum absolute atomic E-state index is 5.87. The van der Waals surface area contributed by atoms with Gasteiger partial charge in [-0.3, -0.25) is 0 Å². The van der Waals surface area contributed by atoms with E-state index in [1.54, 1.807) is 6.26 Å². The molecule has 20 heavy (non-hydrogen) atoms. The summed E-state index contributed by atoms with van der Waals surface area (Å²) in [5.74, 6) is 1.62. The van der Waals surface area contributed by atoms with Gasteiger partial charge in [-0.2, -0.15) is 0 Å². The quantitative estimate of drug-likeness (QED) is 0.795. The van der Waals surface area contributed by atoms with Crippen LogP contribution in [0.4, 0.5) is 0 Å². The summed E-state index contributed by atoms with van der Waals surface area (Å²) >= 11 is 0. The van der Waals surface area contributed by atoms with Crippen molar-refractivity contribution in [2.45, 2.75) is 19.3 Å². The van der Waals surface area contributed by atoms with Gasteiger partial charge in [0, 0.05) is 19.0 Å². The Kier molecular flexibility index (Phi) is 2.91. The fourth-order valence-corrected chi connectivity index (χ4v) is 2.35. The highest BCUT2D eigenvalue weighted by molar-refractivity contribution is 5.80. The zero-order valence-corrected chi connectivity index (χ0v) is 12.1. The second-order valence-electron chi connectivity index (χ2n) is 5.76. The first-order valence-corrected chi connectivity index (χ1v) is 6.74. The predicted octanol–water partition coefficient (Wildman–Crippen LogP) is 3.07. The van der Waals surface area contributed by atoms with E-state index in [1.807, 2.05) is 19.2 Å². The fourth-order valence-electron chi connectivity index (χ4n) is 2.35. The van der Waals surface area contributed by atoms with E-state index in [-0.39, 0.29) is 5.41 Å². The number of nitrogens with zero attached hydrogens (tertiary/aromatic N) is 2. The number of hydrogen-bond acceptors (Lipinski definition) is 3. The third-order valence-corrected chi connectivity index (χ3v) is 3.91. The number of rotatable bonds is 3. The summed E-state index contributed by atoms with van der Waals surface area (Å²) in [6, 6.07) is 10.1. The molecule has 0 amide bonds. The molecule has 2 heterocycles. The molecule has 0 unspecified atom stereocenters. The SMILES string of the molecule is Cn1c(-c2ccco2)nc2ccc(C(C)(C)CN)cc21. The summed E-state index contributed by atoms with van der Waals surface area (Å²) in [7, 11) is 2.01. The zero-order valence-electron chi connectivity index (χ0n) is 12.1. The average molecular weight is 269 g/mol. The van der Waals surface area contributed by atoms with Crippen LogP contribution in [0.2, 0.25) is 0 Å². The summed E-state index contributed by atoms with van der Waals surface area (Å²) in [6.07, 6.45) is 1.66. The van der Waals surface area contributed by atoms with Crippen molar-refractivity contribution >= 4 is 11.0 Å². The number of aromatic nitrogens is 2. The third-order valence-electron chi connectivity index (χ3n) is 3.91.